The Balaban J connectivity index is 1.37. The lowest BCUT2D eigenvalue weighted by atomic mass is 9.84. The van der Waals surface area contributed by atoms with Gasteiger partial charge in [-0.2, -0.15) is 0 Å². The second-order valence-electron chi connectivity index (χ2n) is 7.97. The molecule has 2 N–H and O–H groups in total. The van der Waals surface area contributed by atoms with E-state index in [0.29, 0.717) is 38.3 Å². The van der Waals surface area contributed by atoms with Crippen molar-refractivity contribution in [1.82, 2.24) is 4.90 Å². The van der Waals surface area contributed by atoms with Gasteiger partial charge in [-0.25, -0.2) is 0 Å². The molecule has 2 aliphatic rings. The quantitative estimate of drug-likeness (QED) is 0.849. The third kappa shape index (κ3) is 4.17. The predicted octanol–water partition coefficient (Wildman–Crippen LogP) is 3.17. The van der Waals surface area contributed by atoms with E-state index in [0.717, 1.165) is 42.0 Å². The number of nitrogens with zero attached hydrogens (tertiary/aromatic N) is 1. The van der Waals surface area contributed by atoms with Gasteiger partial charge in [0.15, 0.2) is 11.5 Å². The van der Waals surface area contributed by atoms with Gasteiger partial charge in [0.1, 0.15) is 0 Å². The number of likely N-dealkylation sites (tertiary alicyclic amines) is 1. The summed E-state index contributed by atoms with van der Waals surface area (Å²) in [5.74, 6) is 1.45. The molecule has 4 rings (SSSR count). The van der Waals surface area contributed by atoms with E-state index in [9.17, 15) is 10.2 Å². The molecular formula is C23H29NO4. The van der Waals surface area contributed by atoms with Crippen molar-refractivity contribution in [2.75, 3.05) is 32.8 Å². The Morgan fingerprint density at radius 2 is 1.79 bits per heavy atom. The molecule has 2 aromatic rings. The van der Waals surface area contributed by atoms with Crippen LogP contribution in [0.1, 0.15) is 42.1 Å². The normalized spacial score (nSPS) is 20.4. The molecule has 0 amide bonds. The van der Waals surface area contributed by atoms with Crippen molar-refractivity contribution in [2.45, 2.75) is 37.9 Å². The molecule has 0 radical (unpaired) electrons. The summed E-state index contributed by atoms with van der Waals surface area (Å²) in [5, 5.41) is 21.8. The summed E-state index contributed by atoms with van der Waals surface area (Å²) in [5.41, 5.74) is 2.22. The van der Waals surface area contributed by atoms with Gasteiger partial charge in [0.25, 0.3) is 0 Å². The lowest BCUT2D eigenvalue weighted by Crippen LogP contribution is -2.44. The van der Waals surface area contributed by atoms with E-state index in [1.54, 1.807) is 0 Å². The van der Waals surface area contributed by atoms with Crippen molar-refractivity contribution in [3.8, 4) is 11.5 Å². The van der Waals surface area contributed by atoms with Gasteiger partial charge >= 0.3 is 0 Å². The lowest BCUT2D eigenvalue weighted by Gasteiger charge is -2.39. The summed E-state index contributed by atoms with van der Waals surface area (Å²) >= 11 is 0. The minimum Gasteiger partial charge on any atom is -0.490 e. The number of hydrogen-bond acceptors (Lipinski definition) is 5. The highest BCUT2D eigenvalue weighted by atomic mass is 16.5. The lowest BCUT2D eigenvalue weighted by molar-refractivity contribution is -0.0345. The van der Waals surface area contributed by atoms with E-state index >= 15 is 0 Å². The SMILES string of the molecule is Cc1cccc(C2(O)CCN(CC(O)c3ccc4c(c3)OCCCO4)CC2)c1. The Kier molecular flexibility index (Phi) is 5.58. The zero-order valence-electron chi connectivity index (χ0n) is 16.4. The molecule has 1 atom stereocenters. The predicted molar refractivity (Wildman–Crippen MR) is 108 cm³/mol. The van der Waals surface area contributed by atoms with Gasteiger partial charge in [0.2, 0.25) is 0 Å². The molecule has 1 unspecified atom stereocenters. The fourth-order valence-electron chi connectivity index (χ4n) is 4.07. The van der Waals surface area contributed by atoms with E-state index in [1.165, 1.54) is 0 Å². The molecule has 28 heavy (non-hydrogen) atoms. The molecule has 1 saturated heterocycles. The molecule has 0 bridgehead atoms. The number of aliphatic hydroxyl groups is 2. The fourth-order valence-corrected chi connectivity index (χ4v) is 4.07. The van der Waals surface area contributed by atoms with Crippen LogP contribution in [0.25, 0.3) is 0 Å². The number of ether oxygens (including phenoxy) is 2. The Morgan fingerprint density at radius 1 is 1.04 bits per heavy atom. The third-order valence-corrected chi connectivity index (χ3v) is 5.83. The van der Waals surface area contributed by atoms with Gasteiger partial charge in [0.05, 0.1) is 24.9 Å². The molecule has 2 aromatic carbocycles. The molecule has 1 fully saturated rings. The molecule has 150 valence electrons. The monoisotopic (exact) mass is 383 g/mol. The highest BCUT2D eigenvalue weighted by Crippen LogP contribution is 2.35. The topological polar surface area (TPSA) is 62.2 Å². The van der Waals surface area contributed by atoms with Crippen LogP contribution < -0.4 is 9.47 Å². The first-order valence-corrected chi connectivity index (χ1v) is 10.1. The van der Waals surface area contributed by atoms with Gasteiger partial charge in [-0.1, -0.05) is 35.9 Å². The van der Waals surface area contributed by atoms with Crippen LogP contribution in [0.4, 0.5) is 0 Å². The average Bonchev–Trinajstić information content (AvgIpc) is 2.94. The van der Waals surface area contributed by atoms with Crippen LogP contribution in [0, 0.1) is 6.92 Å². The Morgan fingerprint density at radius 3 is 2.54 bits per heavy atom. The van der Waals surface area contributed by atoms with Crippen molar-refractivity contribution in [3.63, 3.8) is 0 Å². The molecule has 2 heterocycles. The minimum absolute atomic E-state index is 0.545. The molecular weight excluding hydrogens is 354 g/mol. The fraction of sp³-hybridized carbons (Fsp3) is 0.478. The van der Waals surface area contributed by atoms with Crippen molar-refractivity contribution in [2.24, 2.45) is 0 Å². The van der Waals surface area contributed by atoms with Crippen molar-refractivity contribution >= 4 is 0 Å². The van der Waals surface area contributed by atoms with E-state index in [1.807, 2.05) is 43.3 Å². The summed E-state index contributed by atoms with van der Waals surface area (Å²) < 4.78 is 11.4. The number of fused-ring (bicyclic) bond motifs is 1. The zero-order valence-corrected chi connectivity index (χ0v) is 16.4. The van der Waals surface area contributed by atoms with Gasteiger partial charge < -0.3 is 24.6 Å². The number of β-amino-alcohol motifs (C(OH)–C–C–N with tert-alkyl or cyclic N) is 1. The number of rotatable bonds is 4. The van der Waals surface area contributed by atoms with Crippen LogP contribution in [0.5, 0.6) is 11.5 Å². The van der Waals surface area contributed by atoms with Crippen molar-refractivity contribution < 1.29 is 19.7 Å². The number of hydrogen-bond donors (Lipinski definition) is 2. The summed E-state index contributed by atoms with van der Waals surface area (Å²) in [6.45, 7) is 5.40. The number of piperidine rings is 1. The first kappa shape index (κ1) is 19.2. The molecule has 0 saturated carbocycles. The zero-order chi connectivity index (χ0) is 19.6. The van der Waals surface area contributed by atoms with Crippen LogP contribution in [0.3, 0.4) is 0 Å². The van der Waals surface area contributed by atoms with Crippen LogP contribution in [0.15, 0.2) is 42.5 Å². The molecule has 2 aliphatic heterocycles. The first-order valence-electron chi connectivity index (χ1n) is 10.1. The van der Waals surface area contributed by atoms with Crippen LogP contribution >= 0.6 is 0 Å². The highest BCUT2D eigenvalue weighted by molar-refractivity contribution is 5.44. The van der Waals surface area contributed by atoms with Gasteiger partial charge in [-0.15, -0.1) is 0 Å². The maximum atomic E-state index is 11.1. The highest BCUT2D eigenvalue weighted by Gasteiger charge is 2.34. The van der Waals surface area contributed by atoms with Gasteiger partial charge in [-0.3, -0.25) is 0 Å². The average molecular weight is 383 g/mol. The first-order chi connectivity index (χ1) is 13.5. The summed E-state index contributed by atoms with van der Waals surface area (Å²) in [6, 6.07) is 13.8. The van der Waals surface area contributed by atoms with E-state index in [-0.39, 0.29) is 0 Å². The molecule has 0 spiro atoms. The Hall–Kier alpha value is -2.08. The molecule has 0 aliphatic carbocycles. The van der Waals surface area contributed by atoms with Crippen LogP contribution in [-0.2, 0) is 5.60 Å². The number of aryl methyl sites for hydroxylation is 1. The maximum Gasteiger partial charge on any atom is 0.161 e. The minimum atomic E-state index is -0.775. The smallest absolute Gasteiger partial charge is 0.161 e. The van der Waals surface area contributed by atoms with Crippen LogP contribution in [0.2, 0.25) is 0 Å². The largest absolute Gasteiger partial charge is 0.490 e. The molecule has 5 nitrogen and oxygen atoms in total. The molecule has 5 heteroatoms. The van der Waals surface area contributed by atoms with Gasteiger partial charge in [-0.05, 0) is 43.0 Å². The third-order valence-electron chi connectivity index (χ3n) is 5.83. The standard InChI is InChI=1S/C23H29NO4/c1-17-4-2-5-19(14-17)23(26)8-10-24(11-9-23)16-20(25)18-6-7-21-22(15-18)28-13-3-12-27-21/h2,4-7,14-15,20,25-26H,3,8-13,16H2,1H3. The van der Waals surface area contributed by atoms with E-state index in [4.69, 9.17) is 9.47 Å². The Labute approximate surface area is 166 Å². The summed E-state index contributed by atoms with van der Waals surface area (Å²) in [4.78, 5) is 2.22. The number of benzene rings is 2. The van der Waals surface area contributed by atoms with Crippen LogP contribution in [-0.4, -0.2) is 48.0 Å². The van der Waals surface area contributed by atoms with E-state index < -0.39 is 11.7 Å². The maximum absolute atomic E-state index is 11.1. The number of aliphatic hydroxyl groups excluding tert-OH is 1. The Bertz CT molecular complexity index is 814. The second kappa shape index (κ2) is 8.11. The summed E-state index contributed by atoms with van der Waals surface area (Å²) in [7, 11) is 0. The van der Waals surface area contributed by atoms with Gasteiger partial charge in [0, 0.05) is 26.1 Å². The summed E-state index contributed by atoms with van der Waals surface area (Å²) in [6.07, 6.45) is 1.61. The van der Waals surface area contributed by atoms with E-state index in [2.05, 4.69) is 11.0 Å². The molecule has 0 aromatic heterocycles. The van der Waals surface area contributed by atoms with Crippen molar-refractivity contribution in [3.05, 3.63) is 59.2 Å². The van der Waals surface area contributed by atoms with Crippen molar-refractivity contribution in [1.29, 1.82) is 0 Å². The second-order valence-corrected chi connectivity index (χ2v) is 7.97.